The van der Waals surface area contributed by atoms with Crippen LogP contribution in [0.15, 0.2) is 73.1 Å². The molecule has 116 valence electrons. The third kappa shape index (κ3) is 2.63. The first kappa shape index (κ1) is 14.1. The first-order valence-corrected chi connectivity index (χ1v) is 7.57. The molecular weight excluding hydrogens is 300 g/mol. The number of carbonyl (C=O) groups is 1. The van der Waals surface area contributed by atoms with Crippen molar-refractivity contribution in [3.05, 3.63) is 78.6 Å². The van der Waals surface area contributed by atoms with Gasteiger partial charge in [0.15, 0.2) is 0 Å². The molecule has 0 atom stereocenters. The van der Waals surface area contributed by atoms with Gasteiger partial charge in [-0.3, -0.25) is 4.79 Å². The minimum absolute atomic E-state index is 0.179. The predicted octanol–water partition coefficient (Wildman–Crippen LogP) is 3.88. The Kier molecular flexibility index (Phi) is 3.51. The Morgan fingerprint density at radius 3 is 2.71 bits per heavy atom. The molecule has 1 aromatic carbocycles. The number of rotatable bonds is 3. The predicted molar refractivity (Wildman–Crippen MR) is 93.7 cm³/mol. The van der Waals surface area contributed by atoms with Crippen LogP contribution in [-0.4, -0.2) is 20.9 Å². The molecule has 4 rings (SSSR count). The second-order valence-electron chi connectivity index (χ2n) is 5.33. The molecule has 0 fully saturated rings. The van der Waals surface area contributed by atoms with E-state index in [1.54, 1.807) is 24.4 Å². The fourth-order valence-corrected chi connectivity index (χ4v) is 2.62. The normalized spacial score (nSPS) is 10.7. The number of hydrogen-bond acceptors (Lipinski definition) is 3. The van der Waals surface area contributed by atoms with Crippen molar-refractivity contribution in [2.75, 3.05) is 5.32 Å². The zero-order valence-corrected chi connectivity index (χ0v) is 12.7. The molecule has 5 nitrogen and oxygen atoms in total. The average Bonchev–Trinajstić information content (AvgIpc) is 3.11. The standard InChI is InChI=1S/C19H14N4O/c24-19(13-5-2-1-3-6-13)23-17-8-4-7-16(22-17)14-9-11-20-18-15(14)10-12-21-18/h1-12H,(H,20,21)(H,22,23,24). The van der Waals surface area contributed by atoms with Gasteiger partial charge in [-0.15, -0.1) is 0 Å². The lowest BCUT2D eigenvalue weighted by molar-refractivity contribution is 0.102. The lowest BCUT2D eigenvalue weighted by Crippen LogP contribution is -2.12. The molecule has 0 unspecified atom stereocenters. The summed E-state index contributed by atoms with van der Waals surface area (Å²) in [4.78, 5) is 24.2. The summed E-state index contributed by atoms with van der Waals surface area (Å²) in [6, 6.07) is 18.5. The van der Waals surface area contributed by atoms with Gasteiger partial charge in [0, 0.05) is 28.9 Å². The molecule has 3 heterocycles. The van der Waals surface area contributed by atoms with Crippen LogP contribution < -0.4 is 5.32 Å². The van der Waals surface area contributed by atoms with Crippen LogP contribution in [0.1, 0.15) is 10.4 Å². The zero-order chi connectivity index (χ0) is 16.4. The second kappa shape index (κ2) is 5.96. The highest BCUT2D eigenvalue weighted by atomic mass is 16.1. The second-order valence-corrected chi connectivity index (χ2v) is 5.33. The maximum absolute atomic E-state index is 12.3. The zero-order valence-electron chi connectivity index (χ0n) is 12.7. The summed E-state index contributed by atoms with van der Waals surface area (Å²) >= 11 is 0. The van der Waals surface area contributed by atoms with Crippen molar-refractivity contribution in [2.45, 2.75) is 0 Å². The van der Waals surface area contributed by atoms with E-state index < -0.39 is 0 Å². The van der Waals surface area contributed by atoms with Gasteiger partial charge in [0.1, 0.15) is 11.5 Å². The third-order valence-electron chi connectivity index (χ3n) is 3.76. The number of benzene rings is 1. The lowest BCUT2D eigenvalue weighted by atomic mass is 10.1. The van der Waals surface area contributed by atoms with E-state index in [-0.39, 0.29) is 5.91 Å². The molecule has 0 radical (unpaired) electrons. The monoisotopic (exact) mass is 314 g/mol. The van der Waals surface area contributed by atoms with Crippen LogP contribution in [0.3, 0.4) is 0 Å². The van der Waals surface area contributed by atoms with Crippen molar-refractivity contribution in [2.24, 2.45) is 0 Å². The van der Waals surface area contributed by atoms with Crippen molar-refractivity contribution in [3.63, 3.8) is 0 Å². The number of anilines is 1. The van der Waals surface area contributed by atoms with E-state index in [2.05, 4.69) is 20.3 Å². The van der Waals surface area contributed by atoms with Crippen LogP contribution in [0.4, 0.5) is 5.82 Å². The number of nitrogens with zero attached hydrogens (tertiary/aromatic N) is 2. The summed E-state index contributed by atoms with van der Waals surface area (Å²) in [5.74, 6) is 0.337. The third-order valence-corrected chi connectivity index (χ3v) is 3.76. The highest BCUT2D eigenvalue weighted by Gasteiger charge is 2.09. The molecule has 0 aliphatic heterocycles. The van der Waals surface area contributed by atoms with Crippen LogP contribution in [-0.2, 0) is 0 Å². The molecule has 0 saturated heterocycles. The summed E-state index contributed by atoms with van der Waals surface area (Å²) in [6.45, 7) is 0. The summed E-state index contributed by atoms with van der Waals surface area (Å²) in [5, 5.41) is 3.83. The number of H-pyrrole nitrogens is 1. The van der Waals surface area contributed by atoms with Crippen molar-refractivity contribution < 1.29 is 4.79 Å². The van der Waals surface area contributed by atoms with Crippen molar-refractivity contribution in [3.8, 4) is 11.3 Å². The van der Waals surface area contributed by atoms with Crippen molar-refractivity contribution >= 4 is 22.8 Å². The Bertz CT molecular complexity index is 1010. The molecule has 1 amide bonds. The number of fused-ring (bicyclic) bond motifs is 1. The van der Waals surface area contributed by atoms with E-state index in [0.717, 1.165) is 22.3 Å². The molecule has 3 aromatic heterocycles. The smallest absolute Gasteiger partial charge is 0.256 e. The van der Waals surface area contributed by atoms with Crippen molar-refractivity contribution in [1.82, 2.24) is 15.0 Å². The summed E-state index contributed by atoms with van der Waals surface area (Å²) in [7, 11) is 0. The van der Waals surface area contributed by atoms with Gasteiger partial charge in [-0.1, -0.05) is 24.3 Å². The fourth-order valence-electron chi connectivity index (χ4n) is 2.62. The number of aromatic nitrogens is 3. The quantitative estimate of drug-likeness (QED) is 0.603. The molecule has 24 heavy (non-hydrogen) atoms. The molecule has 0 spiro atoms. The van der Waals surface area contributed by atoms with E-state index in [1.807, 2.05) is 48.7 Å². The fraction of sp³-hybridized carbons (Fsp3) is 0. The summed E-state index contributed by atoms with van der Waals surface area (Å²) in [5.41, 5.74) is 3.17. The molecule has 0 bridgehead atoms. The number of amides is 1. The van der Waals surface area contributed by atoms with Crippen LogP contribution in [0.5, 0.6) is 0 Å². The Morgan fingerprint density at radius 2 is 1.83 bits per heavy atom. The van der Waals surface area contributed by atoms with E-state index in [1.165, 1.54) is 0 Å². The first-order chi connectivity index (χ1) is 11.8. The molecule has 0 aliphatic carbocycles. The lowest BCUT2D eigenvalue weighted by Gasteiger charge is -2.07. The first-order valence-electron chi connectivity index (χ1n) is 7.57. The highest BCUT2D eigenvalue weighted by Crippen LogP contribution is 2.26. The van der Waals surface area contributed by atoms with Gasteiger partial charge in [0.2, 0.25) is 0 Å². The number of nitrogens with one attached hydrogen (secondary N) is 2. The van der Waals surface area contributed by atoms with E-state index in [9.17, 15) is 4.79 Å². The Hall–Kier alpha value is -3.47. The molecular formula is C19H14N4O. The van der Waals surface area contributed by atoms with Crippen LogP contribution in [0.25, 0.3) is 22.3 Å². The van der Waals surface area contributed by atoms with Gasteiger partial charge in [0.25, 0.3) is 5.91 Å². The minimum Gasteiger partial charge on any atom is -0.346 e. The van der Waals surface area contributed by atoms with Crippen molar-refractivity contribution in [1.29, 1.82) is 0 Å². The Labute approximate surface area is 138 Å². The molecule has 4 aromatic rings. The number of aromatic amines is 1. The number of pyridine rings is 2. The molecule has 5 heteroatoms. The van der Waals surface area contributed by atoms with Gasteiger partial charge in [0.05, 0.1) is 5.69 Å². The number of carbonyl (C=O) groups excluding carboxylic acids is 1. The van der Waals surface area contributed by atoms with Crippen LogP contribution >= 0.6 is 0 Å². The molecule has 0 saturated carbocycles. The van der Waals surface area contributed by atoms with Gasteiger partial charge >= 0.3 is 0 Å². The molecule has 0 aliphatic rings. The van der Waals surface area contributed by atoms with Crippen LogP contribution in [0, 0.1) is 0 Å². The maximum Gasteiger partial charge on any atom is 0.256 e. The van der Waals surface area contributed by atoms with E-state index in [0.29, 0.717) is 11.4 Å². The highest BCUT2D eigenvalue weighted by molar-refractivity contribution is 6.04. The van der Waals surface area contributed by atoms with Gasteiger partial charge in [-0.25, -0.2) is 9.97 Å². The largest absolute Gasteiger partial charge is 0.346 e. The van der Waals surface area contributed by atoms with E-state index >= 15 is 0 Å². The number of hydrogen-bond donors (Lipinski definition) is 2. The SMILES string of the molecule is O=C(Nc1cccc(-c2ccnc3[nH]ccc23)n1)c1ccccc1. The average molecular weight is 314 g/mol. The summed E-state index contributed by atoms with van der Waals surface area (Å²) < 4.78 is 0. The molecule has 2 N–H and O–H groups in total. The van der Waals surface area contributed by atoms with Crippen LogP contribution in [0.2, 0.25) is 0 Å². The summed E-state index contributed by atoms with van der Waals surface area (Å²) in [6.07, 6.45) is 3.59. The maximum atomic E-state index is 12.3. The Morgan fingerprint density at radius 1 is 0.958 bits per heavy atom. The van der Waals surface area contributed by atoms with Gasteiger partial charge in [-0.05, 0) is 36.4 Å². The van der Waals surface area contributed by atoms with E-state index in [4.69, 9.17) is 0 Å². The Balaban J connectivity index is 1.67. The topological polar surface area (TPSA) is 70.7 Å². The van der Waals surface area contributed by atoms with Gasteiger partial charge in [-0.2, -0.15) is 0 Å². The minimum atomic E-state index is -0.179. The van der Waals surface area contributed by atoms with Gasteiger partial charge < -0.3 is 10.3 Å².